The van der Waals surface area contributed by atoms with Crippen LogP contribution < -0.4 is 25.6 Å². The average molecular weight is 511 g/mol. The molecule has 0 fully saturated rings. The number of ether oxygens (including phenoxy) is 2. The summed E-state index contributed by atoms with van der Waals surface area (Å²) in [6.45, 7) is 2.45. The average Bonchev–Trinajstić information content (AvgIpc) is 2.72. The van der Waals surface area contributed by atoms with Gasteiger partial charge >= 0.3 is 0 Å². The van der Waals surface area contributed by atoms with Gasteiger partial charge in [0, 0.05) is 24.1 Å². The van der Waals surface area contributed by atoms with E-state index in [1.165, 1.54) is 0 Å². The maximum atomic E-state index is 12.1. The number of halogens is 1. The number of hydrogen-bond acceptors (Lipinski definition) is 5. The van der Waals surface area contributed by atoms with Gasteiger partial charge in [-0.2, -0.15) is 0 Å². The molecule has 0 bridgehead atoms. The zero-order valence-electron chi connectivity index (χ0n) is 16.1. The van der Waals surface area contributed by atoms with E-state index < -0.39 is 11.8 Å². The van der Waals surface area contributed by atoms with Crippen LogP contribution in [-0.2, 0) is 9.59 Å². The molecule has 0 aliphatic heterocycles. The summed E-state index contributed by atoms with van der Waals surface area (Å²) >= 11 is 2.05. The molecule has 154 valence electrons. The first-order chi connectivity index (χ1) is 13.9. The first kappa shape index (κ1) is 22.5. The van der Waals surface area contributed by atoms with Crippen molar-refractivity contribution in [1.29, 1.82) is 0 Å². The lowest BCUT2D eigenvalue weighted by molar-refractivity contribution is -0.124. The number of methoxy groups -OCH3 is 1. The maximum absolute atomic E-state index is 12.1. The van der Waals surface area contributed by atoms with E-state index in [1.807, 2.05) is 6.92 Å². The highest BCUT2D eigenvalue weighted by Crippen LogP contribution is 2.21. The second kappa shape index (κ2) is 11.2. The summed E-state index contributed by atoms with van der Waals surface area (Å²) in [5.74, 6) is 0.137. The predicted molar refractivity (Wildman–Crippen MR) is 117 cm³/mol. The molecule has 0 aromatic heterocycles. The van der Waals surface area contributed by atoms with Gasteiger partial charge in [-0.3, -0.25) is 25.2 Å². The Kier molecular flexibility index (Phi) is 8.71. The number of anilines is 1. The molecule has 8 nitrogen and oxygen atoms in total. The van der Waals surface area contributed by atoms with Crippen molar-refractivity contribution in [3.63, 3.8) is 0 Å². The normalized spacial score (nSPS) is 10.0. The van der Waals surface area contributed by atoms with E-state index in [9.17, 15) is 14.4 Å². The standard InChI is InChI=1S/C20H22IN3O5/c1-3-29-15-7-5-14(6-8-15)22-18(25)10-11-19(26)23-24-20(27)13-4-9-17(28-2)16(21)12-13/h4-9,12H,3,10-11H2,1-2H3,(H,22,25)(H,23,26)(H,24,27). The molecule has 0 unspecified atom stereocenters. The Bertz CT molecular complexity index is 871. The van der Waals surface area contributed by atoms with Gasteiger partial charge in [0.05, 0.1) is 17.3 Å². The molecule has 0 saturated carbocycles. The second-order valence-electron chi connectivity index (χ2n) is 5.86. The van der Waals surface area contributed by atoms with E-state index in [4.69, 9.17) is 9.47 Å². The highest BCUT2D eigenvalue weighted by atomic mass is 127. The molecule has 3 amide bonds. The molecular weight excluding hydrogens is 489 g/mol. The SMILES string of the molecule is CCOc1ccc(NC(=O)CCC(=O)NNC(=O)c2ccc(OC)c(I)c2)cc1. The van der Waals surface area contributed by atoms with Gasteiger partial charge < -0.3 is 14.8 Å². The van der Waals surface area contributed by atoms with Crippen LogP contribution in [0.2, 0.25) is 0 Å². The fourth-order valence-corrected chi connectivity index (χ4v) is 3.06. The van der Waals surface area contributed by atoms with E-state index in [2.05, 4.69) is 38.8 Å². The zero-order valence-corrected chi connectivity index (χ0v) is 18.2. The molecule has 0 atom stereocenters. The van der Waals surface area contributed by atoms with Crippen molar-refractivity contribution in [3.05, 3.63) is 51.6 Å². The molecule has 3 N–H and O–H groups in total. The van der Waals surface area contributed by atoms with Gasteiger partial charge in [-0.1, -0.05) is 0 Å². The molecule has 2 rings (SSSR count). The van der Waals surface area contributed by atoms with Crippen LogP contribution in [0.5, 0.6) is 11.5 Å². The smallest absolute Gasteiger partial charge is 0.269 e. The number of carbonyl (C=O) groups is 3. The van der Waals surface area contributed by atoms with Gasteiger partial charge in [0.15, 0.2) is 0 Å². The Morgan fingerprint density at radius 1 is 0.966 bits per heavy atom. The van der Waals surface area contributed by atoms with Crippen LogP contribution in [0.15, 0.2) is 42.5 Å². The van der Waals surface area contributed by atoms with Crippen molar-refractivity contribution in [2.75, 3.05) is 19.0 Å². The summed E-state index contributed by atoms with van der Waals surface area (Å²) in [5.41, 5.74) is 5.62. The largest absolute Gasteiger partial charge is 0.496 e. The van der Waals surface area contributed by atoms with E-state index in [1.54, 1.807) is 49.6 Å². The summed E-state index contributed by atoms with van der Waals surface area (Å²) in [6, 6.07) is 11.9. The maximum Gasteiger partial charge on any atom is 0.269 e. The van der Waals surface area contributed by atoms with Crippen molar-refractivity contribution in [1.82, 2.24) is 10.9 Å². The number of rotatable bonds is 8. The summed E-state index contributed by atoms with van der Waals surface area (Å²) < 4.78 is 11.2. The number of amides is 3. The fraction of sp³-hybridized carbons (Fsp3) is 0.250. The third-order valence-electron chi connectivity index (χ3n) is 3.76. The summed E-state index contributed by atoms with van der Waals surface area (Å²) in [7, 11) is 1.55. The number of nitrogens with one attached hydrogen (secondary N) is 3. The Hall–Kier alpha value is -2.82. The van der Waals surface area contributed by atoms with Gasteiger partial charge in [0.1, 0.15) is 11.5 Å². The van der Waals surface area contributed by atoms with Gasteiger partial charge in [-0.15, -0.1) is 0 Å². The molecule has 0 radical (unpaired) electrons. The third-order valence-corrected chi connectivity index (χ3v) is 4.60. The number of hydrazine groups is 1. The van der Waals surface area contributed by atoms with Gasteiger partial charge in [0.25, 0.3) is 5.91 Å². The van der Waals surface area contributed by atoms with Crippen molar-refractivity contribution in [2.45, 2.75) is 19.8 Å². The monoisotopic (exact) mass is 511 g/mol. The molecule has 2 aromatic carbocycles. The number of hydrogen-bond donors (Lipinski definition) is 3. The molecule has 2 aromatic rings. The predicted octanol–water partition coefficient (Wildman–Crippen LogP) is 2.88. The number of benzene rings is 2. The van der Waals surface area contributed by atoms with Gasteiger partial charge in [-0.05, 0) is 72.0 Å². The molecular formula is C20H22IN3O5. The first-order valence-corrected chi connectivity index (χ1v) is 9.96. The summed E-state index contributed by atoms with van der Waals surface area (Å²) in [6.07, 6.45) is -0.0847. The minimum atomic E-state index is -0.469. The van der Waals surface area contributed by atoms with Crippen LogP contribution in [0.25, 0.3) is 0 Å². The highest BCUT2D eigenvalue weighted by molar-refractivity contribution is 14.1. The molecule has 0 spiro atoms. The zero-order chi connectivity index (χ0) is 21.2. The van der Waals surface area contributed by atoms with Crippen LogP contribution in [0.3, 0.4) is 0 Å². The molecule has 0 saturated heterocycles. The Balaban J connectivity index is 1.74. The summed E-state index contributed by atoms with van der Waals surface area (Å²) in [4.78, 5) is 35.9. The van der Waals surface area contributed by atoms with Gasteiger partial charge in [0.2, 0.25) is 11.8 Å². The van der Waals surface area contributed by atoms with E-state index in [0.29, 0.717) is 29.4 Å². The van der Waals surface area contributed by atoms with Crippen LogP contribution in [0, 0.1) is 3.57 Å². The molecule has 0 aliphatic carbocycles. The van der Waals surface area contributed by atoms with Crippen LogP contribution in [-0.4, -0.2) is 31.4 Å². The van der Waals surface area contributed by atoms with Crippen LogP contribution in [0.1, 0.15) is 30.1 Å². The van der Waals surface area contributed by atoms with E-state index >= 15 is 0 Å². The topological polar surface area (TPSA) is 106 Å². The van der Waals surface area contributed by atoms with Crippen molar-refractivity contribution < 1.29 is 23.9 Å². The molecule has 29 heavy (non-hydrogen) atoms. The highest BCUT2D eigenvalue weighted by Gasteiger charge is 2.11. The Morgan fingerprint density at radius 2 is 1.66 bits per heavy atom. The van der Waals surface area contributed by atoms with Crippen molar-refractivity contribution in [3.8, 4) is 11.5 Å². The lowest BCUT2D eigenvalue weighted by Crippen LogP contribution is -2.41. The molecule has 0 aliphatic rings. The third kappa shape index (κ3) is 7.26. The summed E-state index contributed by atoms with van der Waals surface area (Å²) in [5, 5.41) is 2.70. The first-order valence-electron chi connectivity index (χ1n) is 8.88. The Labute approximate surface area is 182 Å². The van der Waals surface area contributed by atoms with E-state index in [-0.39, 0.29) is 18.7 Å². The Morgan fingerprint density at radius 3 is 2.28 bits per heavy atom. The van der Waals surface area contributed by atoms with Crippen molar-refractivity contribution >= 4 is 46.0 Å². The number of carbonyl (C=O) groups excluding carboxylic acids is 3. The van der Waals surface area contributed by atoms with Crippen LogP contribution in [0.4, 0.5) is 5.69 Å². The fourth-order valence-electron chi connectivity index (χ4n) is 2.32. The van der Waals surface area contributed by atoms with Crippen molar-refractivity contribution in [2.24, 2.45) is 0 Å². The quantitative estimate of drug-likeness (QED) is 0.374. The minimum absolute atomic E-state index is 0.0185. The molecule has 0 heterocycles. The van der Waals surface area contributed by atoms with Gasteiger partial charge in [-0.25, -0.2) is 0 Å². The minimum Gasteiger partial charge on any atom is -0.496 e. The van der Waals surface area contributed by atoms with Crippen LogP contribution >= 0.6 is 22.6 Å². The van der Waals surface area contributed by atoms with E-state index in [0.717, 1.165) is 3.57 Å². The lowest BCUT2D eigenvalue weighted by Gasteiger charge is -2.09. The lowest BCUT2D eigenvalue weighted by atomic mass is 10.2. The molecule has 9 heteroatoms. The second-order valence-corrected chi connectivity index (χ2v) is 7.02.